The number of aliphatic imine (C=N–C) groups is 1. The van der Waals surface area contributed by atoms with Gasteiger partial charge in [0.05, 0.1) is 11.4 Å². The molecular formula is C14H6Cl2N2O. The number of hydrogen-bond donors (Lipinski definition) is 0. The number of rotatable bonds is 0. The van der Waals surface area contributed by atoms with Crippen molar-refractivity contribution in [3.05, 3.63) is 46.5 Å². The highest BCUT2D eigenvalue weighted by atomic mass is 35.5. The van der Waals surface area contributed by atoms with E-state index >= 15 is 0 Å². The summed E-state index contributed by atoms with van der Waals surface area (Å²) in [4.78, 5) is 18.1. The third-order valence-corrected chi connectivity index (χ3v) is 4.13. The van der Waals surface area contributed by atoms with Crippen LogP contribution in [-0.2, 0) is 4.79 Å². The van der Waals surface area contributed by atoms with Crippen LogP contribution in [0.3, 0.4) is 0 Å². The first-order chi connectivity index (χ1) is 9.18. The van der Waals surface area contributed by atoms with Crippen LogP contribution in [0.1, 0.15) is 0 Å². The van der Waals surface area contributed by atoms with Crippen molar-refractivity contribution in [1.29, 1.82) is 0 Å². The van der Waals surface area contributed by atoms with Gasteiger partial charge in [-0.15, -0.1) is 0 Å². The third kappa shape index (κ3) is 1.29. The molecule has 0 spiro atoms. The second-order valence-electron chi connectivity index (χ2n) is 4.36. The molecule has 0 bridgehead atoms. The van der Waals surface area contributed by atoms with E-state index in [1.165, 1.54) is 4.90 Å². The molecule has 3 nitrogen and oxygen atoms in total. The van der Waals surface area contributed by atoms with Gasteiger partial charge >= 0.3 is 0 Å². The van der Waals surface area contributed by atoms with Crippen molar-refractivity contribution in [2.45, 2.75) is 0 Å². The van der Waals surface area contributed by atoms with Crippen LogP contribution < -0.4 is 4.90 Å². The average molecular weight is 289 g/mol. The van der Waals surface area contributed by atoms with Gasteiger partial charge in [-0.25, -0.2) is 4.99 Å². The van der Waals surface area contributed by atoms with E-state index in [2.05, 4.69) is 4.99 Å². The Bertz CT molecular complexity index is 818. The average Bonchev–Trinajstić information content (AvgIpc) is 2.65. The number of fused-ring (bicyclic) bond motifs is 2. The minimum Gasteiger partial charge on any atom is -0.267 e. The smallest absolute Gasteiger partial charge is 0.267 e. The topological polar surface area (TPSA) is 32.7 Å². The van der Waals surface area contributed by atoms with Gasteiger partial charge in [0.25, 0.3) is 5.91 Å². The van der Waals surface area contributed by atoms with E-state index in [1.54, 1.807) is 0 Å². The van der Waals surface area contributed by atoms with Crippen molar-refractivity contribution in [3.63, 3.8) is 0 Å². The fraction of sp³-hybridized carbons (Fsp3) is 0. The van der Waals surface area contributed by atoms with E-state index in [-0.39, 0.29) is 16.0 Å². The highest BCUT2D eigenvalue weighted by Crippen LogP contribution is 2.43. The van der Waals surface area contributed by atoms with E-state index < -0.39 is 0 Å². The van der Waals surface area contributed by atoms with Gasteiger partial charge in [-0.3, -0.25) is 9.69 Å². The van der Waals surface area contributed by atoms with Crippen LogP contribution in [0.4, 0.5) is 11.4 Å². The monoisotopic (exact) mass is 288 g/mol. The summed E-state index contributed by atoms with van der Waals surface area (Å²) >= 11 is 12.0. The zero-order valence-electron chi connectivity index (χ0n) is 9.52. The molecule has 2 aliphatic rings. The number of carbonyl (C=O) groups excluding carboxylic acids is 1. The molecule has 0 aromatic heterocycles. The van der Waals surface area contributed by atoms with Crippen LogP contribution in [0.2, 0.25) is 0 Å². The van der Waals surface area contributed by atoms with Crippen molar-refractivity contribution in [2.24, 2.45) is 4.99 Å². The molecule has 0 radical (unpaired) electrons. The molecular weight excluding hydrogens is 283 g/mol. The third-order valence-electron chi connectivity index (χ3n) is 3.32. The summed E-state index contributed by atoms with van der Waals surface area (Å²) in [5.74, 6) is 0.0790. The zero-order valence-corrected chi connectivity index (χ0v) is 11.0. The fourth-order valence-electron chi connectivity index (χ4n) is 2.50. The zero-order chi connectivity index (χ0) is 13.1. The van der Waals surface area contributed by atoms with Crippen molar-refractivity contribution in [2.75, 3.05) is 4.90 Å². The highest BCUT2D eigenvalue weighted by Gasteiger charge is 2.39. The molecule has 2 aliphatic heterocycles. The molecule has 92 valence electrons. The molecule has 0 unspecified atom stereocenters. The van der Waals surface area contributed by atoms with Crippen molar-refractivity contribution in [3.8, 4) is 0 Å². The Hall–Kier alpha value is -1.84. The summed E-state index contributed by atoms with van der Waals surface area (Å²) in [7, 11) is 0. The highest BCUT2D eigenvalue weighted by molar-refractivity contribution is 6.63. The predicted octanol–water partition coefficient (Wildman–Crippen LogP) is 3.92. The number of nitrogens with zero attached hydrogens (tertiary/aromatic N) is 2. The Kier molecular flexibility index (Phi) is 2.08. The Balaban J connectivity index is 2.14. The van der Waals surface area contributed by atoms with E-state index in [1.807, 2.05) is 36.4 Å². The molecule has 4 rings (SSSR count). The normalized spacial score (nSPS) is 17.1. The Morgan fingerprint density at radius 2 is 1.74 bits per heavy atom. The molecule has 0 saturated heterocycles. The second-order valence-corrected chi connectivity index (χ2v) is 5.11. The van der Waals surface area contributed by atoms with Gasteiger partial charge in [-0.2, -0.15) is 0 Å². The number of carbonyl (C=O) groups is 1. The van der Waals surface area contributed by atoms with Crippen LogP contribution in [0, 0.1) is 0 Å². The molecule has 0 fully saturated rings. The Morgan fingerprint density at radius 1 is 1.00 bits per heavy atom. The largest absolute Gasteiger partial charge is 0.277 e. The molecule has 0 aliphatic carbocycles. The van der Waals surface area contributed by atoms with Crippen LogP contribution in [0.5, 0.6) is 0 Å². The van der Waals surface area contributed by atoms with Gasteiger partial charge in [0, 0.05) is 5.39 Å². The van der Waals surface area contributed by atoms with Gasteiger partial charge in [0.2, 0.25) is 0 Å². The molecule has 0 saturated carbocycles. The number of amides is 1. The van der Waals surface area contributed by atoms with Gasteiger partial charge in [-0.05, 0) is 17.5 Å². The standard InChI is InChI=1S/C14H6Cl2N2O/c15-11-12(16)14(19)18-9-6-2-4-7-3-1-5-8(10(7)9)17-13(11)18/h1-6H. The fourth-order valence-corrected chi connectivity index (χ4v) is 2.88. The van der Waals surface area contributed by atoms with Crippen LogP contribution in [0.15, 0.2) is 51.5 Å². The molecule has 5 heteroatoms. The quantitative estimate of drug-likeness (QED) is 0.723. The van der Waals surface area contributed by atoms with E-state index in [4.69, 9.17) is 23.2 Å². The number of anilines is 1. The van der Waals surface area contributed by atoms with Gasteiger partial charge < -0.3 is 0 Å². The molecule has 19 heavy (non-hydrogen) atoms. The maximum Gasteiger partial charge on any atom is 0.277 e. The molecule has 0 atom stereocenters. The van der Waals surface area contributed by atoms with Crippen molar-refractivity contribution in [1.82, 2.24) is 0 Å². The predicted molar refractivity (Wildman–Crippen MR) is 77.3 cm³/mol. The lowest BCUT2D eigenvalue weighted by atomic mass is 10.0. The van der Waals surface area contributed by atoms with Crippen LogP contribution in [0.25, 0.3) is 10.8 Å². The molecule has 1 amide bonds. The second kappa shape index (κ2) is 3.59. The summed E-state index contributed by atoms with van der Waals surface area (Å²) in [6, 6.07) is 11.6. The van der Waals surface area contributed by atoms with E-state index in [0.29, 0.717) is 5.84 Å². The molecule has 2 aromatic carbocycles. The van der Waals surface area contributed by atoms with Gasteiger partial charge in [-0.1, -0.05) is 47.5 Å². The SMILES string of the molecule is O=C1C(Cl)=C(Cl)C2=Nc3cccc4cccc(c34)N12. The molecule has 2 heterocycles. The first kappa shape index (κ1) is 11.0. The Morgan fingerprint density at radius 3 is 2.53 bits per heavy atom. The first-order valence-electron chi connectivity index (χ1n) is 5.69. The Labute approximate surface area is 118 Å². The van der Waals surface area contributed by atoms with Gasteiger partial charge in [0.1, 0.15) is 10.1 Å². The van der Waals surface area contributed by atoms with Crippen molar-refractivity contribution >= 4 is 57.1 Å². The lowest BCUT2D eigenvalue weighted by Crippen LogP contribution is -2.32. The maximum atomic E-state index is 12.2. The van der Waals surface area contributed by atoms with E-state index in [0.717, 1.165) is 22.1 Å². The number of amidine groups is 1. The summed E-state index contributed by atoms with van der Waals surface area (Å²) in [6.45, 7) is 0. The van der Waals surface area contributed by atoms with E-state index in [9.17, 15) is 4.79 Å². The number of halogens is 2. The lowest BCUT2D eigenvalue weighted by molar-refractivity contribution is -0.113. The minimum atomic E-state index is -0.326. The van der Waals surface area contributed by atoms with Crippen LogP contribution in [-0.4, -0.2) is 11.7 Å². The molecule has 0 N–H and O–H groups in total. The van der Waals surface area contributed by atoms with Gasteiger partial charge in [0.15, 0.2) is 5.84 Å². The van der Waals surface area contributed by atoms with Crippen molar-refractivity contribution < 1.29 is 4.79 Å². The summed E-state index contributed by atoms with van der Waals surface area (Å²) in [5.41, 5.74) is 1.58. The number of hydrogen-bond acceptors (Lipinski definition) is 2. The number of benzene rings is 2. The summed E-state index contributed by atoms with van der Waals surface area (Å²) in [6.07, 6.45) is 0. The minimum absolute atomic E-state index is 0.0187. The molecule has 2 aromatic rings. The summed E-state index contributed by atoms with van der Waals surface area (Å²) < 4.78 is 0. The summed E-state index contributed by atoms with van der Waals surface area (Å²) in [5, 5.41) is 2.20. The van der Waals surface area contributed by atoms with Crippen LogP contribution >= 0.6 is 23.2 Å². The maximum absolute atomic E-state index is 12.2. The first-order valence-corrected chi connectivity index (χ1v) is 6.44. The lowest BCUT2D eigenvalue weighted by Gasteiger charge is -2.24.